The molecule has 0 saturated carbocycles. The second kappa shape index (κ2) is 3.06. The number of fused-ring (bicyclic) bond motifs is 1. The molecule has 4 heteroatoms. The highest BCUT2D eigenvalue weighted by atomic mass is 16.1. The van der Waals surface area contributed by atoms with E-state index in [1.165, 1.54) is 6.92 Å². The molecule has 2 aromatic heterocycles. The molecule has 2 heterocycles. The van der Waals surface area contributed by atoms with Gasteiger partial charge < -0.3 is 0 Å². The summed E-state index contributed by atoms with van der Waals surface area (Å²) in [6.07, 6.45) is 2.32. The van der Waals surface area contributed by atoms with Crippen LogP contribution in [-0.4, -0.2) is 21.5 Å². The van der Waals surface area contributed by atoms with Crippen molar-refractivity contribution in [1.82, 2.24) is 9.38 Å². The average molecular weight is 188 g/mol. The Morgan fingerprint density at radius 2 is 2.29 bits per heavy atom. The van der Waals surface area contributed by atoms with Crippen LogP contribution < -0.4 is 0 Å². The molecule has 0 saturated heterocycles. The number of Topliss-reactive ketones (excluding diaryl/α,β-unsaturated/α-hetero) is 1. The maximum atomic E-state index is 11.3. The van der Waals surface area contributed by atoms with Crippen LogP contribution in [0.5, 0.6) is 0 Å². The average Bonchev–Trinajstić information content (AvgIpc) is 2.55. The van der Waals surface area contributed by atoms with Crippen molar-refractivity contribution < 1.29 is 9.59 Å². The highest BCUT2D eigenvalue weighted by molar-refractivity contribution is 6.00. The molecule has 2 rings (SSSR count). The van der Waals surface area contributed by atoms with Crippen LogP contribution in [0, 0.1) is 0 Å². The summed E-state index contributed by atoms with van der Waals surface area (Å²) >= 11 is 0. The van der Waals surface area contributed by atoms with E-state index in [2.05, 4.69) is 4.98 Å². The lowest BCUT2D eigenvalue weighted by Gasteiger charge is -1.95. The van der Waals surface area contributed by atoms with E-state index < -0.39 is 0 Å². The Hall–Kier alpha value is -1.97. The quantitative estimate of drug-likeness (QED) is 0.528. The van der Waals surface area contributed by atoms with Crippen molar-refractivity contribution in [3.8, 4) is 0 Å². The fourth-order valence-electron chi connectivity index (χ4n) is 1.45. The molecule has 0 aromatic carbocycles. The monoisotopic (exact) mass is 188 g/mol. The number of pyridine rings is 1. The van der Waals surface area contributed by atoms with Crippen LogP contribution in [0.25, 0.3) is 5.65 Å². The first-order chi connectivity index (χ1) is 6.74. The van der Waals surface area contributed by atoms with Gasteiger partial charge >= 0.3 is 0 Å². The van der Waals surface area contributed by atoms with Crippen LogP contribution in [0.1, 0.15) is 27.9 Å². The van der Waals surface area contributed by atoms with Crippen molar-refractivity contribution in [1.29, 1.82) is 0 Å². The van der Waals surface area contributed by atoms with Crippen molar-refractivity contribution in [2.75, 3.05) is 0 Å². The van der Waals surface area contributed by atoms with Crippen LogP contribution in [0.15, 0.2) is 24.4 Å². The van der Waals surface area contributed by atoms with Gasteiger partial charge in [0.05, 0.1) is 0 Å². The normalized spacial score (nSPS) is 10.4. The second-order valence-electron chi connectivity index (χ2n) is 2.95. The number of aldehydes is 1. The largest absolute Gasteiger partial charge is 0.296 e. The fourth-order valence-corrected chi connectivity index (χ4v) is 1.45. The lowest BCUT2D eigenvalue weighted by Crippen LogP contribution is -2.01. The zero-order chi connectivity index (χ0) is 10.1. The van der Waals surface area contributed by atoms with Crippen molar-refractivity contribution >= 4 is 17.7 Å². The first kappa shape index (κ1) is 8.62. The number of imidazole rings is 1. The van der Waals surface area contributed by atoms with Crippen LogP contribution in [-0.2, 0) is 0 Å². The summed E-state index contributed by atoms with van der Waals surface area (Å²) in [7, 11) is 0. The Labute approximate surface area is 80.2 Å². The number of aromatic nitrogens is 2. The number of ketones is 1. The van der Waals surface area contributed by atoms with Crippen LogP contribution in [0.3, 0.4) is 0 Å². The zero-order valence-corrected chi connectivity index (χ0v) is 7.60. The Morgan fingerprint density at radius 3 is 2.93 bits per heavy atom. The second-order valence-corrected chi connectivity index (χ2v) is 2.95. The molecule has 0 amide bonds. The van der Waals surface area contributed by atoms with Gasteiger partial charge in [0.2, 0.25) is 0 Å². The summed E-state index contributed by atoms with van der Waals surface area (Å²) < 4.78 is 1.62. The molecule has 0 bridgehead atoms. The fraction of sp³-hybridized carbons (Fsp3) is 0.100. The maximum Gasteiger partial charge on any atom is 0.178 e. The van der Waals surface area contributed by atoms with E-state index in [4.69, 9.17) is 0 Å². The lowest BCUT2D eigenvalue weighted by atomic mass is 10.2. The molecule has 0 N–H and O–H groups in total. The maximum absolute atomic E-state index is 11.3. The Morgan fingerprint density at radius 1 is 1.50 bits per heavy atom. The van der Waals surface area contributed by atoms with E-state index in [-0.39, 0.29) is 11.5 Å². The predicted molar refractivity (Wildman–Crippen MR) is 50.6 cm³/mol. The van der Waals surface area contributed by atoms with Crippen LogP contribution in [0.4, 0.5) is 0 Å². The van der Waals surface area contributed by atoms with Gasteiger partial charge in [0.25, 0.3) is 0 Å². The summed E-state index contributed by atoms with van der Waals surface area (Å²) in [5.74, 6) is -0.161. The van der Waals surface area contributed by atoms with Crippen molar-refractivity contribution in [2.24, 2.45) is 0 Å². The Balaban J connectivity index is 2.87. The van der Waals surface area contributed by atoms with Crippen molar-refractivity contribution in [3.05, 3.63) is 35.8 Å². The third kappa shape index (κ3) is 1.12. The topological polar surface area (TPSA) is 51.4 Å². The third-order valence-corrected chi connectivity index (χ3v) is 2.00. The molecule has 70 valence electrons. The van der Waals surface area contributed by atoms with Gasteiger partial charge in [0.15, 0.2) is 12.1 Å². The van der Waals surface area contributed by atoms with Gasteiger partial charge in [0.1, 0.15) is 17.0 Å². The van der Waals surface area contributed by atoms with Gasteiger partial charge in [-0.3, -0.25) is 14.0 Å². The molecule has 0 aliphatic rings. The summed E-state index contributed by atoms with van der Waals surface area (Å²) in [4.78, 5) is 26.0. The first-order valence-electron chi connectivity index (χ1n) is 4.17. The zero-order valence-electron chi connectivity index (χ0n) is 7.60. The van der Waals surface area contributed by atoms with E-state index in [1.807, 2.05) is 0 Å². The molecule has 0 aliphatic heterocycles. The number of rotatable bonds is 2. The van der Waals surface area contributed by atoms with Gasteiger partial charge in [-0.2, -0.15) is 0 Å². The highest BCUT2D eigenvalue weighted by Gasteiger charge is 2.14. The molecule has 0 aliphatic carbocycles. The Bertz CT molecular complexity index is 514. The molecule has 0 radical (unpaired) electrons. The standard InChI is InChI=1S/C10H8N2O2/c1-7(14)10-8(6-13)11-9-4-2-3-5-12(9)10/h2-6H,1H3. The molecule has 4 nitrogen and oxygen atoms in total. The molecular weight excluding hydrogens is 180 g/mol. The first-order valence-corrected chi connectivity index (χ1v) is 4.17. The van der Waals surface area contributed by atoms with Crippen molar-refractivity contribution in [3.63, 3.8) is 0 Å². The minimum absolute atomic E-state index is 0.161. The minimum Gasteiger partial charge on any atom is -0.296 e. The van der Waals surface area contributed by atoms with E-state index in [0.29, 0.717) is 17.6 Å². The van der Waals surface area contributed by atoms with Gasteiger partial charge in [-0.1, -0.05) is 6.07 Å². The Kier molecular flexibility index (Phi) is 1.89. The van der Waals surface area contributed by atoms with Gasteiger partial charge in [0, 0.05) is 13.1 Å². The summed E-state index contributed by atoms with van der Waals surface area (Å²) in [5, 5.41) is 0. The number of hydrogen-bond acceptors (Lipinski definition) is 3. The number of carbonyl (C=O) groups is 2. The van der Waals surface area contributed by atoms with E-state index in [1.54, 1.807) is 28.8 Å². The van der Waals surface area contributed by atoms with Gasteiger partial charge in [-0.15, -0.1) is 0 Å². The molecule has 14 heavy (non-hydrogen) atoms. The lowest BCUT2D eigenvalue weighted by molar-refractivity contribution is 0.0999. The molecule has 0 atom stereocenters. The van der Waals surface area contributed by atoms with Crippen molar-refractivity contribution in [2.45, 2.75) is 6.92 Å². The predicted octanol–water partition coefficient (Wildman–Crippen LogP) is 1.35. The smallest absolute Gasteiger partial charge is 0.178 e. The molecule has 0 unspecified atom stereocenters. The van der Waals surface area contributed by atoms with Crippen LogP contribution in [0.2, 0.25) is 0 Å². The van der Waals surface area contributed by atoms with Crippen LogP contribution >= 0.6 is 0 Å². The van der Waals surface area contributed by atoms with E-state index >= 15 is 0 Å². The summed E-state index contributed by atoms with van der Waals surface area (Å²) in [6, 6.07) is 5.34. The molecular formula is C10H8N2O2. The number of hydrogen-bond donors (Lipinski definition) is 0. The minimum atomic E-state index is -0.161. The van der Waals surface area contributed by atoms with E-state index in [0.717, 1.165) is 0 Å². The molecule has 0 spiro atoms. The van der Waals surface area contributed by atoms with Gasteiger partial charge in [-0.25, -0.2) is 4.98 Å². The molecule has 0 fully saturated rings. The van der Waals surface area contributed by atoms with Gasteiger partial charge in [-0.05, 0) is 12.1 Å². The summed E-state index contributed by atoms with van der Waals surface area (Å²) in [6.45, 7) is 1.42. The molecule has 2 aromatic rings. The highest BCUT2D eigenvalue weighted by Crippen LogP contribution is 2.11. The third-order valence-electron chi connectivity index (χ3n) is 2.00. The SMILES string of the molecule is CC(=O)c1c(C=O)nc2ccccn12. The number of carbonyl (C=O) groups excluding carboxylic acids is 2. The summed E-state index contributed by atoms with van der Waals surface area (Å²) in [5.41, 5.74) is 1.15. The van der Waals surface area contributed by atoms with E-state index in [9.17, 15) is 9.59 Å². The number of nitrogens with zero attached hydrogens (tertiary/aromatic N) is 2.